The fourth-order valence-electron chi connectivity index (χ4n) is 3.33. The van der Waals surface area contributed by atoms with E-state index in [2.05, 4.69) is 15.8 Å². The number of hydrogen-bond donors (Lipinski definition) is 2. The SMILES string of the molecule is Cc1ccc(C(=O)NNC(=O)CSc2nc3ccccc3c(=O)n2-c2cccc(Cl)c2C)cc1. The number of hydrogen-bond acceptors (Lipinski definition) is 5. The van der Waals surface area contributed by atoms with E-state index in [1.807, 2.05) is 26.0 Å². The van der Waals surface area contributed by atoms with Gasteiger partial charge in [0.25, 0.3) is 11.5 Å². The molecule has 0 saturated heterocycles. The molecule has 4 aromatic rings. The molecule has 0 aliphatic rings. The normalized spacial score (nSPS) is 10.8. The van der Waals surface area contributed by atoms with E-state index in [-0.39, 0.29) is 11.3 Å². The number of thioether (sulfide) groups is 1. The first-order valence-corrected chi connectivity index (χ1v) is 11.8. The Balaban J connectivity index is 1.57. The van der Waals surface area contributed by atoms with E-state index in [0.29, 0.717) is 32.3 Å². The number of aromatic nitrogens is 2. The average Bonchev–Trinajstić information content (AvgIpc) is 2.84. The molecule has 0 spiro atoms. The van der Waals surface area contributed by atoms with Gasteiger partial charge in [0.15, 0.2) is 5.16 Å². The minimum Gasteiger partial charge on any atom is -0.272 e. The molecular weight excluding hydrogens is 472 g/mol. The van der Waals surface area contributed by atoms with Crippen LogP contribution in [0.5, 0.6) is 0 Å². The van der Waals surface area contributed by atoms with Gasteiger partial charge in [-0.25, -0.2) is 4.98 Å². The molecule has 2 N–H and O–H groups in total. The third-order valence-electron chi connectivity index (χ3n) is 5.19. The van der Waals surface area contributed by atoms with Crippen molar-refractivity contribution < 1.29 is 9.59 Å². The van der Waals surface area contributed by atoms with Crippen LogP contribution < -0.4 is 16.4 Å². The summed E-state index contributed by atoms with van der Waals surface area (Å²) in [7, 11) is 0. The summed E-state index contributed by atoms with van der Waals surface area (Å²) in [4.78, 5) is 42.7. The van der Waals surface area contributed by atoms with Gasteiger partial charge >= 0.3 is 0 Å². The minimum absolute atomic E-state index is 0.0709. The predicted octanol–water partition coefficient (Wildman–Crippen LogP) is 4.21. The van der Waals surface area contributed by atoms with E-state index in [1.54, 1.807) is 54.6 Å². The van der Waals surface area contributed by atoms with Gasteiger partial charge < -0.3 is 0 Å². The highest BCUT2D eigenvalue weighted by Crippen LogP contribution is 2.26. The van der Waals surface area contributed by atoms with E-state index < -0.39 is 11.8 Å². The van der Waals surface area contributed by atoms with Crippen molar-refractivity contribution in [1.29, 1.82) is 0 Å². The summed E-state index contributed by atoms with van der Waals surface area (Å²) in [5, 5.41) is 1.32. The highest BCUT2D eigenvalue weighted by Gasteiger charge is 2.17. The number of carbonyl (C=O) groups is 2. The molecular formula is C25H21ClN4O3S. The van der Waals surface area contributed by atoms with Gasteiger partial charge in [-0.1, -0.05) is 59.3 Å². The van der Waals surface area contributed by atoms with E-state index in [4.69, 9.17) is 11.6 Å². The van der Waals surface area contributed by atoms with Crippen molar-refractivity contribution in [2.75, 3.05) is 5.75 Å². The Hall–Kier alpha value is -3.62. The minimum atomic E-state index is -0.442. The first kappa shape index (κ1) is 23.5. The van der Waals surface area contributed by atoms with Crippen LogP contribution in [0.1, 0.15) is 21.5 Å². The fourth-order valence-corrected chi connectivity index (χ4v) is 4.30. The lowest BCUT2D eigenvalue weighted by molar-refractivity contribution is -0.119. The maximum absolute atomic E-state index is 13.4. The summed E-state index contributed by atoms with van der Waals surface area (Å²) < 4.78 is 1.46. The second-order valence-corrected chi connectivity index (χ2v) is 8.94. The van der Waals surface area contributed by atoms with Gasteiger partial charge in [0.05, 0.1) is 22.3 Å². The highest BCUT2D eigenvalue weighted by molar-refractivity contribution is 7.99. The Morgan fingerprint density at radius 3 is 2.47 bits per heavy atom. The standard InChI is InChI=1S/C25H21ClN4O3S/c1-15-10-12-17(13-11-15)23(32)29-28-22(31)14-34-25-27-20-8-4-3-6-18(20)24(33)30(25)21-9-5-7-19(26)16(21)2/h3-13H,14H2,1-2H3,(H,28,31)(H,29,32). The van der Waals surface area contributed by atoms with Gasteiger partial charge in [-0.2, -0.15) is 0 Å². The summed E-state index contributed by atoms with van der Waals surface area (Å²) >= 11 is 7.39. The number of hydrazine groups is 1. The van der Waals surface area contributed by atoms with Gasteiger partial charge in [0, 0.05) is 10.6 Å². The molecule has 1 heterocycles. The van der Waals surface area contributed by atoms with Crippen molar-refractivity contribution in [1.82, 2.24) is 20.4 Å². The third kappa shape index (κ3) is 4.98. The molecule has 34 heavy (non-hydrogen) atoms. The lowest BCUT2D eigenvalue weighted by Crippen LogP contribution is -2.42. The van der Waals surface area contributed by atoms with Crippen LogP contribution in [-0.2, 0) is 4.79 Å². The number of nitrogens with zero attached hydrogens (tertiary/aromatic N) is 2. The summed E-state index contributed by atoms with van der Waals surface area (Å²) in [6, 6.07) is 19.3. The third-order valence-corrected chi connectivity index (χ3v) is 6.53. The molecule has 9 heteroatoms. The molecule has 172 valence electrons. The lowest BCUT2D eigenvalue weighted by atomic mass is 10.1. The molecule has 0 aliphatic carbocycles. The van der Waals surface area contributed by atoms with E-state index in [1.165, 1.54) is 4.57 Å². The van der Waals surface area contributed by atoms with Crippen LogP contribution in [0.25, 0.3) is 16.6 Å². The highest BCUT2D eigenvalue weighted by atomic mass is 35.5. The van der Waals surface area contributed by atoms with Crippen molar-refractivity contribution in [3.05, 3.63) is 98.8 Å². The monoisotopic (exact) mass is 492 g/mol. The number of benzene rings is 3. The largest absolute Gasteiger partial charge is 0.272 e. The lowest BCUT2D eigenvalue weighted by Gasteiger charge is -2.16. The quantitative estimate of drug-likeness (QED) is 0.247. The zero-order valence-electron chi connectivity index (χ0n) is 18.5. The van der Waals surface area contributed by atoms with E-state index >= 15 is 0 Å². The van der Waals surface area contributed by atoms with Gasteiger partial charge in [0.1, 0.15) is 0 Å². The number of para-hydroxylation sites is 1. The van der Waals surface area contributed by atoms with Gasteiger partial charge in [-0.15, -0.1) is 0 Å². The van der Waals surface area contributed by atoms with Crippen molar-refractivity contribution >= 4 is 46.1 Å². The van der Waals surface area contributed by atoms with Crippen LogP contribution >= 0.6 is 23.4 Å². The van der Waals surface area contributed by atoms with Crippen LogP contribution in [0.3, 0.4) is 0 Å². The molecule has 0 unspecified atom stereocenters. The molecule has 0 atom stereocenters. The Labute approximate surface area is 205 Å². The topological polar surface area (TPSA) is 93.1 Å². The second-order valence-electron chi connectivity index (χ2n) is 7.59. The Morgan fingerprint density at radius 1 is 0.971 bits per heavy atom. The molecule has 1 aromatic heterocycles. The van der Waals surface area contributed by atoms with Crippen LogP contribution in [0.2, 0.25) is 5.02 Å². The summed E-state index contributed by atoms with van der Waals surface area (Å²) in [6.07, 6.45) is 0. The maximum atomic E-state index is 13.4. The second kappa shape index (κ2) is 10.1. The molecule has 3 aromatic carbocycles. The zero-order valence-corrected chi connectivity index (χ0v) is 20.0. The first-order valence-electron chi connectivity index (χ1n) is 10.4. The molecule has 0 radical (unpaired) electrons. The number of halogens is 1. The number of carbonyl (C=O) groups excluding carboxylic acids is 2. The van der Waals surface area contributed by atoms with Crippen LogP contribution in [0, 0.1) is 13.8 Å². The molecule has 0 bridgehead atoms. The van der Waals surface area contributed by atoms with Crippen LogP contribution in [-0.4, -0.2) is 27.1 Å². The van der Waals surface area contributed by atoms with Crippen molar-refractivity contribution in [3.63, 3.8) is 0 Å². The fraction of sp³-hybridized carbons (Fsp3) is 0.120. The molecule has 0 saturated carbocycles. The van der Waals surface area contributed by atoms with Gasteiger partial charge in [0.2, 0.25) is 5.91 Å². The van der Waals surface area contributed by atoms with Crippen LogP contribution in [0.15, 0.2) is 76.7 Å². The number of nitrogens with one attached hydrogen (secondary N) is 2. The Bertz CT molecular complexity index is 1450. The molecule has 0 fully saturated rings. The number of fused-ring (bicyclic) bond motifs is 1. The first-order chi connectivity index (χ1) is 16.3. The Morgan fingerprint density at radius 2 is 1.71 bits per heavy atom. The molecule has 0 aliphatic heterocycles. The van der Waals surface area contributed by atoms with E-state index in [9.17, 15) is 14.4 Å². The average molecular weight is 493 g/mol. The Kier molecular flexibility index (Phi) is 7.00. The van der Waals surface area contributed by atoms with Crippen molar-refractivity contribution in [2.45, 2.75) is 19.0 Å². The summed E-state index contributed by atoms with van der Waals surface area (Å²) in [5.41, 5.74) is 7.84. The zero-order chi connectivity index (χ0) is 24.2. The summed E-state index contributed by atoms with van der Waals surface area (Å²) in [6.45, 7) is 3.74. The number of amides is 2. The van der Waals surface area contributed by atoms with Gasteiger partial charge in [-0.3, -0.25) is 29.8 Å². The molecule has 2 amide bonds. The van der Waals surface area contributed by atoms with E-state index in [0.717, 1.165) is 22.9 Å². The maximum Gasteiger partial charge on any atom is 0.269 e. The summed E-state index contributed by atoms with van der Waals surface area (Å²) in [5.74, 6) is -0.936. The van der Waals surface area contributed by atoms with Crippen molar-refractivity contribution in [3.8, 4) is 5.69 Å². The smallest absolute Gasteiger partial charge is 0.269 e. The number of aryl methyl sites for hydroxylation is 1. The molecule has 4 rings (SSSR count). The van der Waals surface area contributed by atoms with Crippen LogP contribution in [0.4, 0.5) is 0 Å². The molecule has 7 nitrogen and oxygen atoms in total. The predicted molar refractivity (Wildman–Crippen MR) is 135 cm³/mol. The van der Waals surface area contributed by atoms with Crippen molar-refractivity contribution in [2.24, 2.45) is 0 Å². The van der Waals surface area contributed by atoms with Gasteiger partial charge in [-0.05, 0) is 55.8 Å². The number of rotatable bonds is 5.